The normalized spacial score (nSPS) is 14.7. The zero-order valence-corrected chi connectivity index (χ0v) is 14.7. The summed E-state index contributed by atoms with van der Waals surface area (Å²) in [6.45, 7) is -3.08. The van der Waals surface area contributed by atoms with Gasteiger partial charge in [0.25, 0.3) is 0 Å². The maximum atomic E-state index is 12.5. The smallest absolute Gasteiger partial charge is 0.387 e. The van der Waals surface area contributed by atoms with Crippen LogP contribution in [0.3, 0.4) is 0 Å². The van der Waals surface area contributed by atoms with Crippen molar-refractivity contribution in [3.8, 4) is 5.75 Å². The number of carbonyl (C=O) groups is 2. The lowest BCUT2D eigenvalue weighted by molar-refractivity contribution is -0.132. The summed E-state index contributed by atoms with van der Waals surface area (Å²) >= 11 is 6.06. The van der Waals surface area contributed by atoms with E-state index in [0.29, 0.717) is 0 Å². The standard InChI is InChI=1S/C14H11Br2F2NO4/c15-9-4-3-7(10(16)12(9)23-14(17)18)11(20)8(13(21)22)5-19-6-1-2-6/h3-6,14,19H,1-2H2,(H,21,22). The monoisotopic (exact) mass is 453 g/mol. The van der Waals surface area contributed by atoms with Gasteiger partial charge in [0.1, 0.15) is 5.57 Å². The van der Waals surface area contributed by atoms with Crippen molar-refractivity contribution in [2.45, 2.75) is 25.5 Å². The van der Waals surface area contributed by atoms with Crippen molar-refractivity contribution in [1.82, 2.24) is 5.32 Å². The third-order valence-electron chi connectivity index (χ3n) is 3.02. The number of carboxylic acid groups (broad SMARTS) is 1. The highest BCUT2D eigenvalue weighted by molar-refractivity contribution is 9.11. The number of carboxylic acids is 1. The molecule has 0 atom stereocenters. The van der Waals surface area contributed by atoms with Gasteiger partial charge in [-0.1, -0.05) is 0 Å². The average molecular weight is 455 g/mol. The van der Waals surface area contributed by atoms with Crippen LogP contribution in [-0.4, -0.2) is 29.5 Å². The molecule has 0 radical (unpaired) electrons. The number of carbonyl (C=O) groups excluding carboxylic acids is 1. The molecule has 1 aliphatic carbocycles. The Hall–Kier alpha value is -1.48. The number of halogens is 4. The summed E-state index contributed by atoms with van der Waals surface area (Å²) in [6, 6.07) is 2.83. The number of aliphatic carboxylic acids is 1. The van der Waals surface area contributed by atoms with Crippen molar-refractivity contribution in [3.05, 3.63) is 38.4 Å². The molecule has 0 saturated heterocycles. The summed E-state index contributed by atoms with van der Waals surface area (Å²) < 4.78 is 29.4. The first-order valence-electron chi connectivity index (χ1n) is 6.48. The van der Waals surface area contributed by atoms with Gasteiger partial charge in [0, 0.05) is 17.8 Å². The molecule has 1 aromatic rings. The minimum atomic E-state index is -3.08. The Morgan fingerprint density at radius 1 is 1.35 bits per heavy atom. The van der Waals surface area contributed by atoms with Crippen LogP contribution < -0.4 is 10.1 Å². The molecule has 1 saturated carbocycles. The Morgan fingerprint density at radius 3 is 2.52 bits per heavy atom. The third kappa shape index (κ3) is 4.51. The van der Waals surface area contributed by atoms with Crippen LogP contribution in [0.1, 0.15) is 23.2 Å². The highest BCUT2D eigenvalue weighted by Gasteiger charge is 2.26. The number of hydrogen-bond donors (Lipinski definition) is 2. The van der Waals surface area contributed by atoms with E-state index in [0.717, 1.165) is 19.0 Å². The van der Waals surface area contributed by atoms with Crippen LogP contribution in [0.5, 0.6) is 5.75 Å². The second-order valence-corrected chi connectivity index (χ2v) is 6.40. The maximum absolute atomic E-state index is 12.5. The fourth-order valence-electron chi connectivity index (χ4n) is 1.73. The number of ether oxygens (including phenoxy) is 1. The van der Waals surface area contributed by atoms with Crippen LogP contribution in [-0.2, 0) is 4.79 Å². The van der Waals surface area contributed by atoms with Gasteiger partial charge in [0.2, 0.25) is 5.78 Å². The summed E-state index contributed by atoms with van der Waals surface area (Å²) in [5.41, 5.74) is -0.571. The molecule has 1 aromatic carbocycles. The van der Waals surface area contributed by atoms with Gasteiger partial charge in [-0.3, -0.25) is 4.79 Å². The van der Waals surface area contributed by atoms with Gasteiger partial charge >= 0.3 is 12.6 Å². The number of ketones is 1. The van der Waals surface area contributed by atoms with Gasteiger partial charge in [-0.15, -0.1) is 0 Å². The summed E-state index contributed by atoms with van der Waals surface area (Å²) in [7, 11) is 0. The zero-order chi connectivity index (χ0) is 17.1. The lowest BCUT2D eigenvalue weighted by Crippen LogP contribution is -2.19. The molecular formula is C14H11Br2F2NO4. The third-order valence-corrected chi connectivity index (χ3v) is 4.43. The molecular weight excluding hydrogens is 444 g/mol. The number of benzene rings is 1. The molecule has 0 bridgehead atoms. The highest BCUT2D eigenvalue weighted by atomic mass is 79.9. The van der Waals surface area contributed by atoms with Gasteiger partial charge in [-0.2, -0.15) is 8.78 Å². The molecule has 0 amide bonds. The predicted octanol–water partition coefficient (Wildman–Crippen LogP) is 3.72. The van der Waals surface area contributed by atoms with Crippen LogP contribution >= 0.6 is 31.9 Å². The van der Waals surface area contributed by atoms with Crippen LogP contribution in [0.4, 0.5) is 8.78 Å². The van der Waals surface area contributed by atoms with E-state index in [1.54, 1.807) is 0 Å². The van der Waals surface area contributed by atoms with E-state index in [4.69, 9.17) is 0 Å². The predicted molar refractivity (Wildman–Crippen MR) is 84.7 cm³/mol. The molecule has 2 N–H and O–H groups in total. The molecule has 1 aliphatic rings. The number of nitrogens with one attached hydrogen (secondary N) is 1. The van der Waals surface area contributed by atoms with Crippen molar-refractivity contribution in [1.29, 1.82) is 0 Å². The summed E-state index contributed by atoms with van der Waals surface area (Å²) in [5, 5.41) is 12.0. The van der Waals surface area contributed by atoms with Crippen LogP contribution in [0.2, 0.25) is 0 Å². The van der Waals surface area contributed by atoms with Gasteiger partial charge in [-0.05, 0) is 56.8 Å². The highest BCUT2D eigenvalue weighted by Crippen LogP contribution is 2.38. The minimum Gasteiger partial charge on any atom is -0.477 e. The number of Topliss-reactive ketones (excluding diaryl/α,β-unsaturated/α-hetero) is 1. The molecule has 124 valence electrons. The molecule has 1 fully saturated rings. The first-order valence-corrected chi connectivity index (χ1v) is 8.07. The number of rotatable bonds is 7. The molecule has 0 aromatic heterocycles. The second kappa shape index (κ2) is 7.39. The first-order chi connectivity index (χ1) is 10.8. The van der Waals surface area contributed by atoms with E-state index in [1.165, 1.54) is 12.1 Å². The number of hydrogen-bond acceptors (Lipinski definition) is 4. The van der Waals surface area contributed by atoms with Crippen LogP contribution in [0, 0.1) is 0 Å². The van der Waals surface area contributed by atoms with Crippen molar-refractivity contribution in [3.63, 3.8) is 0 Å². The zero-order valence-electron chi connectivity index (χ0n) is 11.5. The van der Waals surface area contributed by atoms with Crippen LogP contribution in [0.15, 0.2) is 32.9 Å². The average Bonchev–Trinajstić information content (AvgIpc) is 3.27. The van der Waals surface area contributed by atoms with E-state index in [-0.39, 0.29) is 26.3 Å². The number of alkyl halides is 2. The maximum Gasteiger partial charge on any atom is 0.387 e. The largest absolute Gasteiger partial charge is 0.477 e. The molecule has 0 heterocycles. The lowest BCUT2D eigenvalue weighted by Gasteiger charge is -2.12. The fourth-order valence-corrected chi connectivity index (χ4v) is 3.03. The van der Waals surface area contributed by atoms with Gasteiger partial charge < -0.3 is 15.2 Å². The van der Waals surface area contributed by atoms with E-state index < -0.39 is 23.9 Å². The Labute approximate surface area is 147 Å². The SMILES string of the molecule is O=C(O)C(=CNC1CC1)C(=O)c1ccc(Br)c(OC(F)F)c1Br. The van der Waals surface area contributed by atoms with Gasteiger partial charge in [0.05, 0.1) is 8.95 Å². The van der Waals surface area contributed by atoms with E-state index in [9.17, 15) is 23.5 Å². The molecule has 2 rings (SSSR count). The van der Waals surface area contributed by atoms with Crippen molar-refractivity contribution in [2.75, 3.05) is 0 Å². The molecule has 9 heteroatoms. The minimum absolute atomic E-state index is 0.0456. The van der Waals surface area contributed by atoms with E-state index >= 15 is 0 Å². The van der Waals surface area contributed by atoms with Gasteiger partial charge in [0.15, 0.2) is 5.75 Å². The Bertz CT molecular complexity index is 675. The topological polar surface area (TPSA) is 75.6 Å². The van der Waals surface area contributed by atoms with Crippen LogP contribution in [0.25, 0.3) is 0 Å². The quantitative estimate of drug-likeness (QED) is 0.284. The molecule has 0 aliphatic heterocycles. The summed E-state index contributed by atoms with van der Waals surface area (Å²) in [6.07, 6.45) is 2.96. The second-order valence-electron chi connectivity index (χ2n) is 4.75. The van der Waals surface area contributed by atoms with Gasteiger partial charge in [-0.25, -0.2) is 4.79 Å². The first kappa shape index (κ1) is 17.9. The van der Waals surface area contributed by atoms with Crippen molar-refractivity contribution >= 4 is 43.6 Å². The van der Waals surface area contributed by atoms with E-state index in [1.807, 2.05) is 0 Å². The molecule has 5 nitrogen and oxygen atoms in total. The molecule has 23 heavy (non-hydrogen) atoms. The van der Waals surface area contributed by atoms with Crippen molar-refractivity contribution in [2.24, 2.45) is 0 Å². The lowest BCUT2D eigenvalue weighted by atomic mass is 10.0. The van der Waals surface area contributed by atoms with E-state index in [2.05, 4.69) is 41.9 Å². The molecule has 0 unspecified atom stereocenters. The Kier molecular flexibility index (Phi) is 5.74. The Balaban J connectivity index is 2.36. The van der Waals surface area contributed by atoms with Crippen molar-refractivity contribution < 1.29 is 28.2 Å². The summed E-state index contributed by atoms with van der Waals surface area (Å²) in [4.78, 5) is 23.7. The summed E-state index contributed by atoms with van der Waals surface area (Å²) in [5.74, 6) is -2.50. The Morgan fingerprint density at radius 2 is 2.00 bits per heavy atom. The fraction of sp³-hybridized carbons (Fsp3) is 0.286. The molecule has 0 spiro atoms.